The van der Waals surface area contributed by atoms with Crippen LogP contribution in [0.1, 0.15) is 35.7 Å². The highest BCUT2D eigenvalue weighted by molar-refractivity contribution is 5.93. The fraction of sp³-hybridized carbons (Fsp3) is 0.294. The normalized spacial score (nSPS) is 10.2. The monoisotopic (exact) mass is 300 g/mol. The lowest BCUT2D eigenvalue weighted by Crippen LogP contribution is -2.28. The van der Waals surface area contributed by atoms with E-state index in [-0.39, 0.29) is 11.5 Å². The van der Waals surface area contributed by atoms with Crippen LogP contribution in [0.2, 0.25) is 0 Å². The molecule has 0 atom stereocenters. The number of nitrogens with one attached hydrogen (secondary N) is 2. The van der Waals surface area contributed by atoms with Crippen LogP contribution < -0.4 is 15.6 Å². The summed E-state index contributed by atoms with van der Waals surface area (Å²) in [4.78, 5) is 26.0. The smallest absolute Gasteiger partial charge is 0.260 e. The van der Waals surface area contributed by atoms with E-state index >= 15 is 0 Å². The van der Waals surface area contributed by atoms with Gasteiger partial charge in [0, 0.05) is 12.7 Å². The fourth-order valence-electron chi connectivity index (χ4n) is 1.96. The predicted molar refractivity (Wildman–Crippen MR) is 85.1 cm³/mol. The van der Waals surface area contributed by atoms with Crippen LogP contribution in [0, 0.1) is 0 Å². The predicted octanol–water partition coefficient (Wildman–Crippen LogP) is 2.48. The van der Waals surface area contributed by atoms with Crippen LogP contribution in [0.5, 0.6) is 5.75 Å². The highest BCUT2D eigenvalue weighted by Crippen LogP contribution is 2.13. The lowest BCUT2D eigenvalue weighted by molar-refractivity contribution is 0.0949. The second-order valence-electron chi connectivity index (χ2n) is 4.95. The molecule has 2 rings (SSSR count). The van der Waals surface area contributed by atoms with Crippen LogP contribution >= 0.6 is 0 Å². The van der Waals surface area contributed by atoms with Gasteiger partial charge in [-0.15, -0.1) is 0 Å². The van der Waals surface area contributed by atoms with Crippen LogP contribution in [0.3, 0.4) is 0 Å². The van der Waals surface area contributed by atoms with Gasteiger partial charge < -0.3 is 15.0 Å². The molecule has 22 heavy (non-hydrogen) atoms. The number of aromatic amines is 1. The van der Waals surface area contributed by atoms with E-state index < -0.39 is 5.56 Å². The standard InChI is InChI=1S/C17H20N2O3/c1-2-3-10-22-14-7-4-6-13(11-14)12-19-17(21)15-8-5-9-18-16(15)20/h4-9,11H,2-3,10,12H2,1H3,(H,18,20)(H,19,21). The maximum absolute atomic E-state index is 12.0. The van der Waals surface area contributed by atoms with Gasteiger partial charge in [0.25, 0.3) is 11.5 Å². The van der Waals surface area contributed by atoms with E-state index in [1.165, 1.54) is 12.3 Å². The number of ether oxygens (including phenoxy) is 1. The fourth-order valence-corrected chi connectivity index (χ4v) is 1.96. The van der Waals surface area contributed by atoms with Gasteiger partial charge in [0.05, 0.1) is 6.61 Å². The molecule has 1 heterocycles. The third-order valence-electron chi connectivity index (χ3n) is 3.18. The van der Waals surface area contributed by atoms with Crippen molar-refractivity contribution in [3.63, 3.8) is 0 Å². The van der Waals surface area contributed by atoms with E-state index in [4.69, 9.17) is 4.74 Å². The van der Waals surface area contributed by atoms with Gasteiger partial charge >= 0.3 is 0 Å². The summed E-state index contributed by atoms with van der Waals surface area (Å²) < 4.78 is 5.63. The van der Waals surface area contributed by atoms with Gasteiger partial charge in [0.1, 0.15) is 11.3 Å². The first-order valence-corrected chi connectivity index (χ1v) is 7.38. The maximum atomic E-state index is 12.0. The molecule has 1 amide bonds. The Kier molecular flexibility index (Phi) is 5.77. The van der Waals surface area contributed by atoms with Crippen molar-refractivity contribution in [3.05, 3.63) is 64.1 Å². The summed E-state index contributed by atoms with van der Waals surface area (Å²) in [6.07, 6.45) is 3.59. The summed E-state index contributed by atoms with van der Waals surface area (Å²) in [5.74, 6) is 0.400. The van der Waals surface area contributed by atoms with Crippen molar-refractivity contribution in [3.8, 4) is 5.75 Å². The summed E-state index contributed by atoms with van der Waals surface area (Å²) >= 11 is 0. The lowest BCUT2D eigenvalue weighted by atomic mass is 10.2. The minimum Gasteiger partial charge on any atom is -0.494 e. The highest BCUT2D eigenvalue weighted by Gasteiger charge is 2.09. The number of unbranched alkanes of at least 4 members (excludes halogenated alkanes) is 1. The first kappa shape index (κ1) is 15.8. The Morgan fingerprint density at radius 1 is 1.27 bits per heavy atom. The minimum absolute atomic E-state index is 0.109. The number of hydrogen-bond acceptors (Lipinski definition) is 3. The molecule has 0 bridgehead atoms. The van der Waals surface area contributed by atoms with Gasteiger partial charge in [0.15, 0.2) is 0 Å². The minimum atomic E-state index is -0.392. The molecular formula is C17H20N2O3. The molecule has 1 aromatic heterocycles. The first-order valence-electron chi connectivity index (χ1n) is 7.38. The number of amides is 1. The van der Waals surface area contributed by atoms with Crippen LogP contribution in [0.4, 0.5) is 0 Å². The third-order valence-corrected chi connectivity index (χ3v) is 3.18. The molecule has 2 aromatic rings. The number of hydrogen-bond donors (Lipinski definition) is 2. The highest BCUT2D eigenvalue weighted by atomic mass is 16.5. The van der Waals surface area contributed by atoms with Crippen molar-refractivity contribution >= 4 is 5.91 Å². The molecule has 0 saturated carbocycles. The van der Waals surface area contributed by atoms with Crippen molar-refractivity contribution in [1.29, 1.82) is 0 Å². The molecule has 5 heteroatoms. The van der Waals surface area contributed by atoms with E-state index in [1.54, 1.807) is 6.07 Å². The Balaban J connectivity index is 1.94. The van der Waals surface area contributed by atoms with Crippen molar-refractivity contribution < 1.29 is 9.53 Å². The molecule has 0 unspecified atom stereocenters. The average molecular weight is 300 g/mol. The Bertz CT molecular complexity index is 679. The van der Waals surface area contributed by atoms with Gasteiger partial charge in [0.2, 0.25) is 0 Å². The lowest BCUT2D eigenvalue weighted by Gasteiger charge is -2.08. The van der Waals surface area contributed by atoms with Crippen LogP contribution in [0.15, 0.2) is 47.4 Å². The number of carbonyl (C=O) groups is 1. The third kappa shape index (κ3) is 4.48. The molecule has 0 spiro atoms. The molecule has 0 fully saturated rings. The average Bonchev–Trinajstić information content (AvgIpc) is 2.54. The molecule has 1 aromatic carbocycles. The van der Waals surface area contributed by atoms with E-state index in [0.29, 0.717) is 13.2 Å². The molecule has 116 valence electrons. The van der Waals surface area contributed by atoms with Gasteiger partial charge in [-0.1, -0.05) is 25.5 Å². The van der Waals surface area contributed by atoms with E-state index in [0.717, 1.165) is 24.2 Å². The number of rotatable bonds is 7. The van der Waals surface area contributed by atoms with Gasteiger partial charge in [-0.05, 0) is 36.2 Å². The molecule has 0 saturated heterocycles. The van der Waals surface area contributed by atoms with Crippen molar-refractivity contribution in [2.75, 3.05) is 6.61 Å². The zero-order chi connectivity index (χ0) is 15.8. The van der Waals surface area contributed by atoms with Gasteiger partial charge in [-0.2, -0.15) is 0 Å². The maximum Gasteiger partial charge on any atom is 0.260 e. The topological polar surface area (TPSA) is 71.2 Å². The second kappa shape index (κ2) is 8.02. The van der Waals surface area contributed by atoms with Gasteiger partial charge in [-0.3, -0.25) is 9.59 Å². The second-order valence-corrected chi connectivity index (χ2v) is 4.95. The molecule has 2 N–H and O–H groups in total. The summed E-state index contributed by atoms with van der Waals surface area (Å²) in [6, 6.07) is 10.7. The van der Waals surface area contributed by atoms with Crippen molar-refractivity contribution in [1.82, 2.24) is 10.3 Å². The molecule has 0 aliphatic heterocycles. The van der Waals surface area contributed by atoms with Crippen LogP contribution in [0.25, 0.3) is 0 Å². The summed E-state index contributed by atoms with van der Waals surface area (Å²) in [5, 5.41) is 2.74. The summed E-state index contributed by atoms with van der Waals surface area (Å²) in [5.41, 5.74) is 0.643. The number of carbonyl (C=O) groups excluding carboxylic acids is 1. The Morgan fingerprint density at radius 3 is 2.91 bits per heavy atom. The largest absolute Gasteiger partial charge is 0.494 e. The Morgan fingerprint density at radius 2 is 2.14 bits per heavy atom. The zero-order valence-corrected chi connectivity index (χ0v) is 12.6. The molecule has 5 nitrogen and oxygen atoms in total. The summed E-state index contributed by atoms with van der Waals surface area (Å²) in [7, 11) is 0. The number of H-pyrrole nitrogens is 1. The molecule has 0 aliphatic carbocycles. The van der Waals surface area contributed by atoms with Crippen molar-refractivity contribution in [2.45, 2.75) is 26.3 Å². The first-order chi connectivity index (χ1) is 10.7. The Labute approximate surface area is 129 Å². The zero-order valence-electron chi connectivity index (χ0n) is 12.6. The number of benzene rings is 1. The van der Waals surface area contributed by atoms with Gasteiger partial charge in [-0.25, -0.2) is 0 Å². The van der Waals surface area contributed by atoms with Crippen molar-refractivity contribution in [2.24, 2.45) is 0 Å². The van der Waals surface area contributed by atoms with E-state index in [9.17, 15) is 9.59 Å². The Hall–Kier alpha value is -2.56. The molecule has 0 radical (unpaired) electrons. The number of aromatic nitrogens is 1. The van der Waals surface area contributed by atoms with Crippen LogP contribution in [-0.4, -0.2) is 17.5 Å². The SMILES string of the molecule is CCCCOc1cccc(CNC(=O)c2ccc[nH]c2=O)c1. The summed E-state index contributed by atoms with van der Waals surface area (Å²) in [6.45, 7) is 3.14. The van der Waals surface area contributed by atoms with Crippen LogP contribution in [-0.2, 0) is 6.54 Å². The van der Waals surface area contributed by atoms with E-state index in [2.05, 4.69) is 17.2 Å². The number of pyridine rings is 1. The molecular weight excluding hydrogens is 280 g/mol. The molecule has 0 aliphatic rings. The van der Waals surface area contributed by atoms with E-state index in [1.807, 2.05) is 24.3 Å². The quantitative estimate of drug-likeness (QED) is 0.772.